The highest BCUT2D eigenvalue weighted by molar-refractivity contribution is 5.80. The summed E-state index contributed by atoms with van der Waals surface area (Å²) in [6.45, 7) is 3.70. The first-order chi connectivity index (χ1) is 29.8. The highest BCUT2D eigenvalue weighted by Gasteiger charge is 2.44. The first kappa shape index (κ1) is 58.2. The number of nitrogens with one attached hydrogen (secondary N) is 1. The monoisotopic (exact) mass is 872 g/mol. The summed E-state index contributed by atoms with van der Waals surface area (Å²) in [5.74, 6) is -0.578. The average Bonchev–Trinajstić information content (AvgIpc) is 3.26. The summed E-state index contributed by atoms with van der Waals surface area (Å²) in [6, 6.07) is -0.888. The fourth-order valence-electron chi connectivity index (χ4n) is 8.76. The lowest BCUT2D eigenvalue weighted by Gasteiger charge is -2.40. The van der Waals surface area contributed by atoms with Crippen LogP contribution in [0.5, 0.6) is 0 Å². The van der Waals surface area contributed by atoms with E-state index >= 15 is 0 Å². The van der Waals surface area contributed by atoms with E-state index in [4.69, 9.17) is 9.47 Å². The summed E-state index contributed by atoms with van der Waals surface area (Å²) >= 11 is 0. The fraction of sp³-hybridized carbons (Fsp3) is 0.980. The van der Waals surface area contributed by atoms with Gasteiger partial charge in [0.15, 0.2) is 6.29 Å². The minimum atomic E-state index is -1.59. The van der Waals surface area contributed by atoms with Crippen LogP contribution in [0.15, 0.2) is 0 Å². The first-order valence-electron chi connectivity index (χ1n) is 26.3. The predicted molar refractivity (Wildman–Crippen MR) is 250 cm³/mol. The number of hydrogen-bond acceptors (Lipinski definition) is 9. The van der Waals surface area contributed by atoms with Gasteiger partial charge in [-0.25, -0.2) is 0 Å². The van der Waals surface area contributed by atoms with Crippen molar-refractivity contribution < 1.29 is 44.9 Å². The molecule has 0 radical (unpaired) electrons. The van der Waals surface area contributed by atoms with Crippen molar-refractivity contribution in [2.45, 2.75) is 307 Å². The number of amides is 1. The number of rotatable bonds is 45. The maximum absolute atomic E-state index is 13.1. The van der Waals surface area contributed by atoms with Crippen LogP contribution in [-0.4, -0.2) is 98.7 Å². The highest BCUT2D eigenvalue weighted by Crippen LogP contribution is 2.23. The van der Waals surface area contributed by atoms with E-state index in [0.29, 0.717) is 12.8 Å². The van der Waals surface area contributed by atoms with Gasteiger partial charge in [0.25, 0.3) is 0 Å². The third kappa shape index (κ3) is 31.6. The Kier molecular flexibility index (Phi) is 39.9. The second-order valence-electron chi connectivity index (χ2n) is 18.8. The molecule has 0 aliphatic carbocycles. The van der Waals surface area contributed by atoms with Gasteiger partial charge in [-0.2, -0.15) is 0 Å². The lowest BCUT2D eigenvalue weighted by atomic mass is 9.99. The molecule has 8 atom stereocenters. The normalized spacial score (nSPS) is 20.8. The zero-order chi connectivity index (χ0) is 44.6. The van der Waals surface area contributed by atoms with E-state index in [1.807, 2.05) is 0 Å². The van der Waals surface area contributed by atoms with Gasteiger partial charge in [0, 0.05) is 0 Å². The summed E-state index contributed by atoms with van der Waals surface area (Å²) in [6.07, 6.45) is 37.2. The van der Waals surface area contributed by atoms with Gasteiger partial charge in [0.2, 0.25) is 5.91 Å². The summed E-state index contributed by atoms with van der Waals surface area (Å²) in [4.78, 5) is 13.1. The van der Waals surface area contributed by atoms with Crippen LogP contribution in [0, 0.1) is 0 Å². The summed E-state index contributed by atoms with van der Waals surface area (Å²) in [5.41, 5.74) is 0. The molecule has 10 nitrogen and oxygen atoms in total. The SMILES string of the molecule is CCCCCCCCCCCCCCCCCCCCCCCC(O)C(=O)NC(COC1OC(CO)C(O)C(O)C1O)C(O)CCCCCCCCCCCCCCCCC. The van der Waals surface area contributed by atoms with Crippen LogP contribution in [-0.2, 0) is 14.3 Å². The lowest BCUT2D eigenvalue weighted by Crippen LogP contribution is -2.60. The van der Waals surface area contributed by atoms with E-state index in [1.54, 1.807) is 0 Å². The minimum absolute atomic E-state index is 0.250. The van der Waals surface area contributed by atoms with Gasteiger partial charge in [-0.1, -0.05) is 245 Å². The van der Waals surface area contributed by atoms with Crippen molar-refractivity contribution in [2.75, 3.05) is 13.2 Å². The van der Waals surface area contributed by atoms with Gasteiger partial charge in [-0.05, 0) is 12.8 Å². The Morgan fingerprint density at radius 1 is 0.492 bits per heavy atom. The van der Waals surface area contributed by atoms with Gasteiger partial charge < -0.3 is 45.4 Å². The molecule has 1 fully saturated rings. The maximum atomic E-state index is 13.1. The highest BCUT2D eigenvalue weighted by atomic mass is 16.7. The Labute approximate surface area is 375 Å². The van der Waals surface area contributed by atoms with E-state index < -0.39 is 61.5 Å². The molecule has 0 aromatic heterocycles. The summed E-state index contributed by atoms with van der Waals surface area (Å²) < 4.78 is 11.2. The molecule has 0 aromatic carbocycles. The van der Waals surface area contributed by atoms with Crippen LogP contribution in [0.1, 0.15) is 258 Å². The summed E-state index contributed by atoms with van der Waals surface area (Å²) in [7, 11) is 0. The largest absolute Gasteiger partial charge is 0.394 e. The number of aliphatic hydroxyl groups excluding tert-OH is 6. The molecule has 0 saturated carbocycles. The number of aliphatic hydroxyl groups is 6. The molecule has 1 heterocycles. The molecule has 1 saturated heterocycles. The standard InChI is InChI=1S/C51H101NO9/c1-3-5-7-9-11-13-15-17-19-20-21-22-23-24-26-28-30-32-34-36-38-40-45(55)50(59)52-43(42-60-51-49(58)48(57)47(56)46(41-53)61-51)44(54)39-37-35-33-31-29-27-25-18-16-14-12-10-8-6-4-2/h43-49,51,53-58H,3-42H2,1-2H3,(H,52,59). The van der Waals surface area contributed by atoms with E-state index in [0.717, 1.165) is 38.5 Å². The van der Waals surface area contributed by atoms with E-state index in [-0.39, 0.29) is 6.61 Å². The molecule has 1 aliphatic heterocycles. The topological polar surface area (TPSA) is 169 Å². The van der Waals surface area contributed by atoms with Crippen LogP contribution in [0.2, 0.25) is 0 Å². The molecule has 1 amide bonds. The zero-order valence-electron chi connectivity index (χ0n) is 39.8. The molecule has 0 aromatic rings. The summed E-state index contributed by atoms with van der Waals surface area (Å²) in [5, 5.41) is 65.0. The van der Waals surface area contributed by atoms with Crippen molar-refractivity contribution in [1.82, 2.24) is 5.32 Å². The number of unbranched alkanes of at least 4 members (excludes halogenated alkanes) is 34. The van der Waals surface area contributed by atoms with Crippen molar-refractivity contribution in [1.29, 1.82) is 0 Å². The molecule has 0 spiro atoms. The number of carbonyl (C=O) groups excluding carboxylic acids is 1. The van der Waals surface area contributed by atoms with Crippen LogP contribution in [0.4, 0.5) is 0 Å². The molecule has 1 aliphatic rings. The number of carbonyl (C=O) groups is 1. The molecular formula is C51H101NO9. The Hall–Kier alpha value is -0.850. The molecule has 10 heteroatoms. The second-order valence-corrected chi connectivity index (χ2v) is 18.8. The van der Waals surface area contributed by atoms with E-state index in [9.17, 15) is 35.4 Å². The minimum Gasteiger partial charge on any atom is -0.394 e. The molecular weight excluding hydrogens is 771 g/mol. The second kappa shape index (κ2) is 41.8. The van der Waals surface area contributed by atoms with Crippen molar-refractivity contribution in [3.63, 3.8) is 0 Å². The van der Waals surface area contributed by atoms with Crippen molar-refractivity contribution >= 4 is 5.91 Å². The van der Waals surface area contributed by atoms with Crippen LogP contribution in [0.3, 0.4) is 0 Å². The van der Waals surface area contributed by atoms with Gasteiger partial charge in [0.05, 0.1) is 25.4 Å². The van der Waals surface area contributed by atoms with Gasteiger partial charge in [-0.15, -0.1) is 0 Å². The van der Waals surface area contributed by atoms with Crippen molar-refractivity contribution in [3.8, 4) is 0 Å². The third-order valence-corrected chi connectivity index (χ3v) is 13.1. The molecule has 0 bridgehead atoms. The zero-order valence-corrected chi connectivity index (χ0v) is 39.8. The number of ether oxygens (including phenoxy) is 2. The van der Waals surface area contributed by atoms with Crippen molar-refractivity contribution in [3.05, 3.63) is 0 Å². The smallest absolute Gasteiger partial charge is 0.249 e. The Morgan fingerprint density at radius 2 is 0.820 bits per heavy atom. The molecule has 61 heavy (non-hydrogen) atoms. The molecule has 1 rings (SSSR count). The maximum Gasteiger partial charge on any atom is 0.249 e. The van der Waals surface area contributed by atoms with Gasteiger partial charge in [0.1, 0.15) is 30.5 Å². The van der Waals surface area contributed by atoms with Crippen LogP contribution in [0.25, 0.3) is 0 Å². The first-order valence-corrected chi connectivity index (χ1v) is 26.3. The van der Waals surface area contributed by atoms with Crippen molar-refractivity contribution in [2.24, 2.45) is 0 Å². The van der Waals surface area contributed by atoms with Crippen LogP contribution < -0.4 is 5.32 Å². The quantitative estimate of drug-likeness (QED) is 0.0295. The van der Waals surface area contributed by atoms with E-state index in [1.165, 1.54) is 193 Å². The van der Waals surface area contributed by atoms with E-state index in [2.05, 4.69) is 19.2 Å². The Bertz CT molecular complexity index is 942. The molecule has 7 N–H and O–H groups in total. The Balaban J connectivity index is 2.28. The molecule has 8 unspecified atom stereocenters. The fourth-order valence-corrected chi connectivity index (χ4v) is 8.76. The number of hydrogen-bond donors (Lipinski definition) is 7. The van der Waals surface area contributed by atoms with Gasteiger partial charge in [-0.3, -0.25) is 4.79 Å². The Morgan fingerprint density at radius 3 is 1.16 bits per heavy atom. The van der Waals surface area contributed by atoms with Gasteiger partial charge >= 0.3 is 0 Å². The average molecular weight is 872 g/mol. The predicted octanol–water partition coefficient (Wildman–Crippen LogP) is 10.9. The lowest BCUT2D eigenvalue weighted by molar-refractivity contribution is -0.302. The van der Waals surface area contributed by atoms with Crippen LogP contribution >= 0.6 is 0 Å². The molecule has 364 valence electrons. The third-order valence-electron chi connectivity index (χ3n) is 13.1.